The number of amides is 1. The predicted octanol–water partition coefficient (Wildman–Crippen LogP) is 2.50. The van der Waals surface area contributed by atoms with Gasteiger partial charge in [0.2, 0.25) is 10.0 Å². The van der Waals surface area contributed by atoms with E-state index in [-0.39, 0.29) is 10.8 Å². The summed E-state index contributed by atoms with van der Waals surface area (Å²) in [7, 11) is -0.653. The fourth-order valence-electron chi connectivity index (χ4n) is 1.92. The molecule has 2 aromatic rings. The van der Waals surface area contributed by atoms with Crippen LogP contribution in [0.1, 0.15) is 15.9 Å². The van der Waals surface area contributed by atoms with Gasteiger partial charge in [-0.05, 0) is 36.8 Å². The summed E-state index contributed by atoms with van der Waals surface area (Å²) in [6.07, 6.45) is 0. The van der Waals surface area contributed by atoms with E-state index < -0.39 is 10.0 Å². The van der Waals surface area contributed by atoms with Gasteiger partial charge < -0.3 is 5.32 Å². The Bertz CT molecular complexity index is 799. The van der Waals surface area contributed by atoms with Crippen LogP contribution in [0.25, 0.3) is 0 Å². The summed E-state index contributed by atoms with van der Waals surface area (Å²) in [5.74, 6) is -0.342. The van der Waals surface area contributed by atoms with Crippen molar-refractivity contribution in [3.63, 3.8) is 0 Å². The molecule has 0 radical (unpaired) electrons. The third-order valence-electron chi connectivity index (χ3n) is 3.27. The number of benzene rings is 2. The third kappa shape index (κ3) is 3.35. The van der Waals surface area contributed by atoms with Crippen LogP contribution in [0.2, 0.25) is 0 Å². The average Bonchev–Trinajstić information content (AvgIpc) is 2.49. The summed E-state index contributed by atoms with van der Waals surface area (Å²) in [6, 6.07) is 13.4. The van der Waals surface area contributed by atoms with Crippen LogP contribution in [0, 0.1) is 6.92 Å². The van der Waals surface area contributed by atoms with Crippen molar-refractivity contribution in [2.24, 2.45) is 0 Å². The van der Waals surface area contributed by atoms with E-state index in [9.17, 15) is 13.2 Å². The number of nitrogens with one attached hydrogen (secondary N) is 1. The summed E-state index contributed by atoms with van der Waals surface area (Å²) >= 11 is 0. The summed E-state index contributed by atoms with van der Waals surface area (Å²) in [6.45, 7) is 1.89. The number of nitrogens with zero attached hydrogens (tertiary/aromatic N) is 1. The topological polar surface area (TPSA) is 66.5 Å². The van der Waals surface area contributed by atoms with Crippen LogP contribution in [0.5, 0.6) is 0 Å². The monoisotopic (exact) mass is 318 g/mol. The molecule has 116 valence electrons. The minimum atomic E-state index is -3.56. The lowest BCUT2D eigenvalue weighted by Crippen LogP contribution is -2.22. The molecule has 0 saturated heterocycles. The van der Waals surface area contributed by atoms with Crippen LogP contribution in [0.3, 0.4) is 0 Å². The fourth-order valence-corrected chi connectivity index (χ4v) is 2.86. The lowest BCUT2D eigenvalue weighted by atomic mass is 10.1. The molecule has 0 saturated carbocycles. The molecule has 2 aromatic carbocycles. The lowest BCUT2D eigenvalue weighted by Gasteiger charge is -2.12. The minimum absolute atomic E-state index is 0.0925. The van der Waals surface area contributed by atoms with Crippen LogP contribution < -0.4 is 5.32 Å². The second kappa shape index (κ2) is 6.29. The molecule has 0 aliphatic carbocycles. The first-order valence-corrected chi connectivity index (χ1v) is 8.16. The molecular weight excluding hydrogens is 300 g/mol. The number of hydrogen-bond donors (Lipinski definition) is 1. The molecule has 0 atom stereocenters. The van der Waals surface area contributed by atoms with Crippen molar-refractivity contribution in [3.8, 4) is 0 Å². The van der Waals surface area contributed by atoms with Crippen LogP contribution in [0.15, 0.2) is 53.4 Å². The van der Waals surface area contributed by atoms with Crippen molar-refractivity contribution in [2.45, 2.75) is 11.8 Å². The number of carbonyl (C=O) groups is 1. The smallest absolute Gasteiger partial charge is 0.255 e. The number of aryl methyl sites for hydroxylation is 1. The van der Waals surface area contributed by atoms with Crippen molar-refractivity contribution >= 4 is 21.6 Å². The molecule has 22 heavy (non-hydrogen) atoms. The van der Waals surface area contributed by atoms with E-state index >= 15 is 0 Å². The van der Waals surface area contributed by atoms with Gasteiger partial charge in [0, 0.05) is 25.3 Å². The fraction of sp³-hybridized carbons (Fsp3) is 0.188. The zero-order valence-corrected chi connectivity index (χ0v) is 13.5. The zero-order valence-electron chi connectivity index (χ0n) is 12.7. The van der Waals surface area contributed by atoms with Gasteiger partial charge in [0.1, 0.15) is 0 Å². The normalized spacial score (nSPS) is 11.5. The summed E-state index contributed by atoms with van der Waals surface area (Å²) in [5.41, 5.74) is 1.94. The van der Waals surface area contributed by atoms with Crippen LogP contribution in [-0.4, -0.2) is 32.7 Å². The summed E-state index contributed by atoms with van der Waals surface area (Å²) < 4.78 is 25.3. The highest BCUT2D eigenvalue weighted by molar-refractivity contribution is 7.89. The van der Waals surface area contributed by atoms with E-state index in [0.717, 1.165) is 9.87 Å². The number of anilines is 1. The van der Waals surface area contributed by atoms with E-state index in [1.54, 1.807) is 18.2 Å². The molecular formula is C16H18N2O3S. The van der Waals surface area contributed by atoms with E-state index in [4.69, 9.17) is 0 Å². The van der Waals surface area contributed by atoms with Crippen molar-refractivity contribution < 1.29 is 13.2 Å². The van der Waals surface area contributed by atoms with Crippen molar-refractivity contribution in [1.82, 2.24) is 4.31 Å². The Labute approximate surface area is 130 Å². The highest BCUT2D eigenvalue weighted by Gasteiger charge is 2.18. The molecule has 0 aromatic heterocycles. The third-order valence-corrected chi connectivity index (χ3v) is 5.08. The number of carbonyl (C=O) groups excluding carboxylic acids is 1. The largest absolute Gasteiger partial charge is 0.322 e. The van der Waals surface area contributed by atoms with Crippen LogP contribution >= 0.6 is 0 Å². The Morgan fingerprint density at radius 1 is 1.05 bits per heavy atom. The second-order valence-corrected chi connectivity index (χ2v) is 7.24. The molecule has 2 rings (SSSR count). The van der Waals surface area contributed by atoms with Gasteiger partial charge in [-0.15, -0.1) is 0 Å². The van der Waals surface area contributed by atoms with Gasteiger partial charge in [-0.3, -0.25) is 4.79 Å². The minimum Gasteiger partial charge on any atom is -0.322 e. The molecule has 0 aliphatic rings. The summed E-state index contributed by atoms with van der Waals surface area (Å²) in [5, 5.41) is 2.79. The van der Waals surface area contributed by atoms with Crippen molar-refractivity contribution in [2.75, 3.05) is 19.4 Å². The Morgan fingerprint density at radius 2 is 1.73 bits per heavy atom. The van der Waals surface area contributed by atoms with Gasteiger partial charge in [-0.25, -0.2) is 12.7 Å². The van der Waals surface area contributed by atoms with Crippen molar-refractivity contribution in [3.05, 3.63) is 59.7 Å². The first-order chi connectivity index (χ1) is 10.3. The zero-order chi connectivity index (χ0) is 16.3. The second-order valence-electron chi connectivity index (χ2n) is 5.08. The first kappa shape index (κ1) is 16.2. The maximum Gasteiger partial charge on any atom is 0.255 e. The Morgan fingerprint density at radius 3 is 2.36 bits per heavy atom. The van der Waals surface area contributed by atoms with Gasteiger partial charge in [0.05, 0.1) is 4.90 Å². The van der Waals surface area contributed by atoms with Crippen LogP contribution in [0.4, 0.5) is 5.69 Å². The Hall–Kier alpha value is -2.18. The number of rotatable bonds is 4. The predicted molar refractivity (Wildman–Crippen MR) is 86.4 cm³/mol. The van der Waals surface area contributed by atoms with Crippen molar-refractivity contribution in [1.29, 1.82) is 0 Å². The molecule has 0 bridgehead atoms. The van der Waals surface area contributed by atoms with Gasteiger partial charge in [0.15, 0.2) is 0 Å². The molecule has 1 amide bonds. The number of para-hydroxylation sites is 1. The highest BCUT2D eigenvalue weighted by atomic mass is 32.2. The molecule has 1 N–H and O–H groups in total. The van der Waals surface area contributed by atoms with E-state index in [0.29, 0.717) is 11.3 Å². The van der Waals surface area contributed by atoms with E-state index in [1.165, 1.54) is 26.2 Å². The first-order valence-electron chi connectivity index (χ1n) is 6.72. The van der Waals surface area contributed by atoms with Crippen LogP contribution in [-0.2, 0) is 10.0 Å². The Balaban J connectivity index is 2.31. The SMILES string of the molecule is Cc1ccccc1NC(=O)c1cccc(S(=O)(=O)N(C)C)c1. The maximum atomic E-state index is 12.3. The van der Waals surface area contributed by atoms with E-state index in [1.807, 2.05) is 25.1 Å². The van der Waals surface area contributed by atoms with Gasteiger partial charge >= 0.3 is 0 Å². The Kier molecular flexibility index (Phi) is 4.63. The lowest BCUT2D eigenvalue weighted by molar-refractivity contribution is 0.102. The molecule has 6 heteroatoms. The number of sulfonamides is 1. The highest BCUT2D eigenvalue weighted by Crippen LogP contribution is 2.18. The molecule has 0 aliphatic heterocycles. The average molecular weight is 318 g/mol. The molecule has 5 nitrogen and oxygen atoms in total. The van der Waals surface area contributed by atoms with Gasteiger partial charge in [-0.1, -0.05) is 24.3 Å². The van der Waals surface area contributed by atoms with Gasteiger partial charge in [0.25, 0.3) is 5.91 Å². The summed E-state index contributed by atoms with van der Waals surface area (Å²) in [4.78, 5) is 12.4. The quantitative estimate of drug-likeness (QED) is 0.942. The van der Waals surface area contributed by atoms with E-state index in [2.05, 4.69) is 5.32 Å². The molecule has 0 spiro atoms. The number of hydrogen-bond acceptors (Lipinski definition) is 3. The van der Waals surface area contributed by atoms with Gasteiger partial charge in [-0.2, -0.15) is 0 Å². The maximum absolute atomic E-state index is 12.3. The molecule has 0 heterocycles. The molecule has 0 unspecified atom stereocenters. The molecule has 0 fully saturated rings. The standard InChI is InChI=1S/C16H18N2O3S/c1-12-7-4-5-10-15(12)17-16(19)13-8-6-9-14(11-13)22(20,21)18(2)3/h4-11H,1-3H3,(H,17,19).